The lowest BCUT2D eigenvalue weighted by molar-refractivity contribution is -0.159. The van der Waals surface area contributed by atoms with E-state index in [2.05, 4.69) is 31.7 Å². The second-order valence-electron chi connectivity index (χ2n) is 9.97. The van der Waals surface area contributed by atoms with Gasteiger partial charge in [-0.05, 0) is 36.1 Å². The van der Waals surface area contributed by atoms with Crippen LogP contribution in [0.1, 0.15) is 30.9 Å². The molecule has 1 amide bonds. The summed E-state index contributed by atoms with van der Waals surface area (Å²) in [5.41, 5.74) is 9.79. The zero-order valence-corrected chi connectivity index (χ0v) is 28.3. The van der Waals surface area contributed by atoms with Crippen molar-refractivity contribution in [1.82, 2.24) is 5.32 Å². The first-order valence-electron chi connectivity index (χ1n) is 15.2. The number of nitrogens with one attached hydrogen (secondary N) is 1. The van der Waals surface area contributed by atoms with Crippen molar-refractivity contribution in [2.75, 3.05) is 88.0 Å². The molecule has 0 saturated heterocycles. The molecule has 0 spiro atoms. The third-order valence-electron chi connectivity index (χ3n) is 6.36. The van der Waals surface area contributed by atoms with E-state index in [1.54, 1.807) is 28.3 Å². The topological polar surface area (TPSA) is 193 Å². The Hall–Kier alpha value is -3.67. The summed E-state index contributed by atoms with van der Waals surface area (Å²) < 4.78 is 43.5. The number of carbonyl (C=O) groups excluding carboxylic acids is 3. The maximum absolute atomic E-state index is 12.2. The Kier molecular flexibility index (Phi) is 23.2. The maximum atomic E-state index is 12.2. The van der Waals surface area contributed by atoms with Gasteiger partial charge in [-0.15, -0.1) is 0 Å². The van der Waals surface area contributed by atoms with E-state index in [0.717, 1.165) is 22.3 Å². The number of methoxy groups -OCH3 is 3. The fourth-order valence-electron chi connectivity index (χ4n) is 3.94. The lowest BCUT2D eigenvalue weighted by Crippen LogP contribution is -2.40. The van der Waals surface area contributed by atoms with Gasteiger partial charge >= 0.3 is 18.0 Å². The van der Waals surface area contributed by atoms with Gasteiger partial charge < -0.3 is 58.8 Å². The first kappa shape index (κ1) is 42.4. The third kappa shape index (κ3) is 16.9. The zero-order valence-electron chi connectivity index (χ0n) is 28.3. The van der Waals surface area contributed by atoms with Crippen LogP contribution in [0.5, 0.6) is 0 Å². The number of benzene rings is 2. The summed E-state index contributed by atoms with van der Waals surface area (Å²) in [7, 11) is 4.70. The second-order valence-corrected chi connectivity index (χ2v) is 9.97. The molecular weight excluding hydrogens is 632 g/mol. The van der Waals surface area contributed by atoms with Crippen LogP contribution in [0.3, 0.4) is 0 Å². The molecule has 4 N–H and O–H groups in total. The molecule has 0 aliphatic heterocycles. The van der Waals surface area contributed by atoms with E-state index in [1.165, 1.54) is 6.92 Å². The van der Waals surface area contributed by atoms with Crippen molar-refractivity contribution >= 4 is 18.0 Å². The van der Waals surface area contributed by atoms with Crippen LogP contribution in [0.15, 0.2) is 48.5 Å². The Morgan fingerprint density at radius 1 is 0.708 bits per heavy atom. The van der Waals surface area contributed by atoms with E-state index in [9.17, 15) is 14.4 Å². The van der Waals surface area contributed by atoms with Crippen LogP contribution < -0.4 is 11.1 Å². The highest BCUT2D eigenvalue weighted by Crippen LogP contribution is 2.44. The van der Waals surface area contributed by atoms with Gasteiger partial charge in [0.1, 0.15) is 25.5 Å². The summed E-state index contributed by atoms with van der Waals surface area (Å²) in [5.74, 6) is -1.10. The van der Waals surface area contributed by atoms with Gasteiger partial charge in [0.15, 0.2) is 13.6 Å². The third-order valence-corrected chi connectivity index (χ3v) is 6.36. The molecule has 1 aliphatic carbocycles. The van der Waals surface area contributed by atoms with Gasteiger partial charge in [0, 0.05) is 27.2 Å². The molecule has 2 aromatic carbocycles. The van der Waals surface area contributed by atoms with Crippen LogP contribution in [-0.2, 0) is 52.2 Å². The van der Waals surface area contributed by atoms with Crippen molar-refractivity contribution in [3.8, 4) is 11.1 Å². The van der Waals surface area contributed by atoms with Crippen molar-refractivity contribution in [3.63, 3.8) is 0 Å². The van der Waals surface area contributed by atoms with Crippen LogP contribution >= 0.6 is 0 Å². The van der Waals surface area contributed by atoms with E-state index >= 15 is 0 Å². The number of nitrogens with two attached hydrogens (primary N) is 1. The molecule has 0 bridgehead atoms. The summed E-state index contributed by atoms with van der Waals surface area (Å²) in [5, 5.41) is 10.5. The molecule has 15 nitrogen and oxygen atoms in total. The van der Waals surface area contributed by atoms with E-state index in [0.29, 0.717) is 39.6 Å². The molecule has 0 radical (unpaired) electrons. The van der Waals surface area contributed by atoms with E-state index in [4.69, 9.17) is 39.3 Å². The van der Waals surface area contributed by atoms with Crippen LogP contribution in [-0.4, -0.2) is 123 Å². The fourth-order valence-corrected chi connectivity index (χ4v) is 3.94. The minimum Gasteiger partial charge on any atom is -0.449 e. The highest BCUT2D eigenvalue weighted by Gasteiger charge is 2.29. The summed E-state index contributed by atoms with van der Waals surface area (Å²) in [6.45, 7) is 5.40. The molecule has 0 aromatic heterocycles. The monoisotopic (exact) mass is 682 g/mol. The number of alkyl carbamates (subject to hydrolysis) is 1. The van der Waals surface area contributed by atoms with Gasteiger partial charge in [-0.1, -0.05) is 48.5 Å². The van der Waals surface area contributed by atoms with E-state index in [-0.39, 0.29) is 32.9 Å². The number of ether oxygens (including phenoxy) is 9. The molecule has 0 fully saturated rings. The van der Waals surface area contributed by atoms with Crippen LogP contribution in [0.2, 0.25) is 0 Å². The summed E-state index contributed by atoms with van der Waals surface area (Å²) in [6.07, 6.45) is -0.670. The molecular formula is C33H50N2O13. The Bertz CT molecular complexity index is 1130. The maximum Gasteiger partial charge on any atom is 0.407 e. The van der Waals surface area contributed by atoms with Gasteiger partial charge in [0.2, 0.25) is 0 Å². The predicted octanol–water partition coefficient (Wildman–Crippen LogP) is 2.17. The normalized spacial score (nSPS) is 12.6. The van der Waals surface area contributed by atoms with Gasteiger partial charge in [-0.3, -0.25) is 4.79 Å². The molecule has 1 aliphatic rings. The highest BCUT2D eigenvalue weighted by molar-refractivity contribution is 5.81. The Morgan fingerprint density at radius 3 is 1.62 bits per heavy atom. The number of amides is 1. The number of rotatable bonds is 19. The van der Waals surface area contributed by atoms with E-state index < -0.39 is 30.1 Å². The summed E-state index contributed by atoms with van der Waals surface area (Å²) in [6, 6.07) is 14.7. The average molecular weight is 683 g/mol. The van der Waals surface area contributed by atoms with Gasteiger partial charge in [-0.2, -0.15) is 0 Å². The largest absolute Gasteiger partial charge is 0.449 e. The van der Waals surface area contributed by atoms with Crippen molar-refractivity contribution in [2.45, 2.75) is 31.8 Å². The Balaban J connectivity index is 0.000000500. The van der Waals surface area contributed by atoms with E-state index in [1.807, 2.05) is 36.4 Å². The standard InChI is InChI=1S/C22H25NO6.C7H15NO4.C4H10O3/c1-15(21(24)29-14-27-12-11-26-2)23-22(25)28-13-20-18-9-5-3-7-16(18)17-8-4-6-10-19(17)20;1-6(8)7(9)12-5-11-4-3-10-2;1-6-2-3-7-4-5/h3-10,15,20H,11-14H2,1-2H3,(H,23,25);6H,3-5,8H2,1-2H3;5H,2-4H2,1H3/t15-;6-;/m00./s1. The molecule has 270 valence electrons. The van der Waals surface area contributed by atoms with Gasteiger partial charge in [0.25, 0.3) is 0 Å². The van der Waals surface area contributed by atoms with Crippen molar-refractivity contribution in [1.29, 1.82) is 0 Å². The zero-order chi connectivity index (χ0) is 35.6. The molecule has 2 aromatic rings. The average Bonchev–Trinajstić information content (AvgIpc) is 3.41. The number of aliphatic hydroxyl groups is 1. The SMILES string of the molecule is COCCOCO.COCCOCOC(=O)[C@H](C)N.COCCOCOC(=O)[C@H](C)NC(=O)OCC1c2ccccc2-c2ccccc21. The number of fused-ring (bicyclic) bond motifs is 3. The second kappa shape index (κ2) is 26.3. The predicted molar refractivity (Wildman–Crippen MR) is 174 cm³/mol. The number of carbonyl (C=O) groups is 3. The number of hydrogen-bond donors (Lipinski definition) is 3. The lowest BCUT2D eigenvalue weighted by Gasteiger charge is -2.16. The number of esters is 2. The first-order chi connectivity index (χ1) is 23.2. The molecule has 0 unspecified atom stereocenters. The fraction of sp³-hybridized carbons (Fsp3) is 0.545. The molecule has 2 atom stereocenters. The first-order valence-corrected chi connectivity index (χ1v) is 15.2. The molecule has 48 heavy (non-hydrogen) atoms. The van der Waals surface area contributed by atoms with Gasteiger partial charge in [0.05, 0.1) is 39.6 Å². The van der Waals surface area contributed by atoms with Gasteiger partial charge in [-0.25, -0.2) is 9.59 Å². The molecule has 15 heteroatoms. The summed E-state index contributed by atoms with van der Waals surface area (Å²) >= 11 is 0. The van der Waals surface area contributed by atoms with Crippen molar-refractivity contribution in [3.05, 3.63) is 59.7 Å². The van der Waals surface area contributed by atoms with Crippen LogP contribution in [0.4, 0.5) is 4.79 Å². The van der Waals surface area contributed by atoms with Crippen LogP contribution in [0.25, 0.3) is 11.1 Å². The lowest BCUT2D eigenvalue weighted by atomic mass is 9.98. The Labute approximate surface area is 281 Å². The molecule has 3 rings (SSSR count). The molecule has 0 heterocycles. The number of hydrogen-bond acceptors (Lipinski definition) is 14. The minimum atomic E-state index is -0.850. The molecule has 0 saturated carbocycles. The quantitative estimate of drug-likeness (QED) is 0.0845. The summed E-state index contributed by atoms with van der Waals surface area (Å²) in [4.78, 5) is 34.8. The van der Waals surface area contributed by atoms with Crippen molar-refractivity contribution in [2.24, 2.45) is 5.73 Å². The van der Waals surface area contributed by atoms with Crippen LogP contribution in [0, 0.1) is 0 Å². The minimum absolute atomic E-state index is 0.0374. The smallest absolute Gasteiger partial charge is 0.407 e. The number of aliphatic hydroxyl groups excluding tert-OH is 1. The van der Waals surface area contributed by atoms with Crippen molar-refractivity contribution < 1.29 is 62.1 Å². The Morgan fingerprint density at radius 2 is 1.17 bits per heavy atom. The highest BCUT2D eigenvalue weighted by atomic mass is 16.7.